The molecule has 6 rings (SSSR count). The van der Waals surface area contributed by atoms with Crippen molar-refractivity contribution in [3.8, 4) is 0 Å². The zero-order chi connectivity index (χ0) is 44.4. The number of ether oxygens (including phenoxy) is 1. The number of rotatable bonds is 11. The molecule has 14 nitrogen and oxygen atoms in total. The van der Waals surface area contributed by atoms with Crippen LogP contribution in [-0.4, -0.2) is 54.1 Å². The second-order valence-electron chi connectivity index (χ2n) is 14.3. The van der Waals surface area contributed by atoms with E-state index in [0.717, 1.165) is 35.5 Å². The summed E-state index contributed by atoms with van der Waals surface area (Å²) >= 11 is 0. The predicted octanol–water partition coefficient (Wildman–Crippen LogP) is 7.12. The number of aromatic nitrogens is 5. The van der Waals surface area contributed by atoms with E-state index in [1.165, 1.54) is 28.8 Å². The molecule has 6 N–H and O–H groups in total. The van der Waals surface area contributed by atoms with E-state index in [1.807, 2.05) is 36.4 Å². The molecule has 4 heterocycles. The Hall–Kier alpha value is -7.25. The van der Waals surface area contributed by atoms with Crippen LogP contribution in [0.5, 0.6) is 0 Å². The molecule has 61 heavy (non-hydrogen) atoms. The third kappa shape index (κ3) is 13.4. The summed E-state index contributed by atoms with van der Waals surface area (Å²) in [4.78, 5) is 45.0. The molecule has 0 saturated heterocycles. The number of anilines is 2. The summed E-state index contributed by atoms with van der Waals surface area (Å²) in [5.74, 6) is -0.627. The standard InChI is InChI=1S/C21H17F3N6O.C20H23F3N4O3/c22-21(23,24)15-7-9-18-28-29-19(30(18)12-15)16(10-13-4-2-1-3-5-13)27-20(31)14-6-8-17(25)26-11-14;1-19(2,3)30-18(29)25-15(11-13-7-5-4-6-8-13)17(28)27-26-16-10-9-14(12-24-16)20(21,22)23/h1-9,11-12,16H,10H2,(H2,25,26)(H,27,31);4-10,12,15H,11H2,1-3H3,(H,24,26)(H,25,29)(H,27,28)/t16-;/m1./s1. The van der Waals surface area contributed by atoms with Gasteiger partial charge in [0.25, 0.3) is 11.8 Å². The van der Waals surface area contributed by atoms with Gasteiger partial charge < -0.3 is 21.1 Å². The summed E-state index contributed by atoms with van der Waals surface area (Å²) in [6, 6.07) is 23.6. The van der Waals surface area contributed by atoms with Crippen LogP contribution in [0.1, 0.15) is 65.2 Å². The summed E-state index contributed by atoms with van der Waals surface area (Å²) in [5, 5.41) is 13.4. The second kappa shape index (κ2) is 19.2. The van der Waals surface area contributed by atoms with E-state index in [9.17, 15) is 40.7 Å². The highest BCUT2D eigenvalue weighted by atomic mass is 19.4. The molecule has 0 aliphatic carbocycles. The smallest absolute Gasteiger partial charge is 0.417 e. The molecule has 320 valence electrons. The number of amides is 3. The minimum atomic E-state index is -4.52. The zero-order valence-electron chi connectivity index (χ0n) is 32.8. The molecule has 2 aromatic carbocycles. The number of hydrogen-bond donors (Lipinski definition) is 5. The van der Waals surface area contributed by atoms with Crippen LogP contribution in [-0.2, 0) is 34.7 Å². The van der Waals surface area contributed by atoms with Crippen LogP contribution in [0, 0.1) is 0 Å². The van der Waals surface area contributed by atoms with Gasteiger partial charge in [-0.1, -0.05) is 60.7 Å². The third-order valence-corrected chi connectivity index (χ3v) is 8.40. The maximum Gasteiger partial charge on any atom is 0.417 e. The first-order valence-electron chi connectivity index (χ1n) is 18.4. The summed E-state index contributed by atoms with van der Waals surface area (Å²) in [6.07, 6.45) is -6.43. The number of hydrogen-bond acceptors (Lipinski definition) is 10. The fourth-order valence-corrected chi connectivity index (χ4v) is 5.51. The Morgan fingerprint density at radius 2 is 1.34 bits per heavy atom. The number of alkyl halides is 6. The number of nitrogens with one attached hydrogen (secondary N) is 4. The molecule has 0 saturated carbocycles. The van der Waals surface area contributed by atoms with E-state index in [2.05, 4.69) is 41.7 Å². The molecular weight excluding hydrogens is 811 g/mol. The number of pyridine rings is 3. The number of nitrogens with two attached hydrogens (primary N) is 1. The molecule has 3 amide bonds. The predicted molar refractivity (Wildman–Crippen MR) is 211 cm³/mol. The normalized spacial score (nSPS) is 12.6. The van der Waals surface area contributed by atoms with Crippen molar-refractivity contribution in [1.29, 1.82) is 0 Å². The maximum atomic E-state index is 13.2. The number of nitrogens with zero attached hydrogens (tertiary/aromatic N) is 5. The summed E-state index contributed by atoms with van der Waals surface area (Å²) in [5.41, 5.74) is 10.0. The lowest BCUT2D eigenvalue weighted by Crippen LogP contribution is -2.50. The molecule has 2 atom stereocenters. The lowest BCUT2D eigenvalue weighted by atomic mass is 10.0. The van der Waals surface area contributed by atoms with Crippen molar-refractivity contribution in [2.24, 2.45) is 0 Å². The van der Waals surface area contributed by atoms with Crippen molar-refractivity contribution in [3.63, 3.8) is 0 Å². The van der Waals surface area contributed by atoms with Crippen molar-refractivity contribution < 1.29 is 45.5 Å². The zero-order valence-corrected chi connectivity index (χ0v) is 32.8. The van der Waals surface area contributed by atoms with Crippen molar-refractivity contribution in [2.45, 2.75) is 63.7 Å². The Balaban J connectivity index is 0.000000231. The van der Waals surface area contributed by atoms with E-state index in [4.69, 9.17) is 10.5 Å². The molecule has 0 aliphatic rings. The van der Waals surface area contributed by atoms with Crippen LogP contribution in [0.3, 0.4) is 0 Å². The van der Waals surface area contributed by atoms with E-state index in [1.54, 1.807) is 45.0 Å². The minimum Gasteiger partial charge on any atom is -0.444 e. The van der Waals surface area contributed by atoms with E-state index in [0.29, 0.717) is 12.6 Å². The fraction of sp³-hybridized carbons (Fsp3) is 0.244. The van der Waals surface area contributed by atoms with Crippen molar-refractivity contribution >= 4 is 35.2 Å². The monoisotopic (exact) mass is 850 g/mol. The number of benzene rings is 2. The third-order valence-electron chi connectivity index (χ3n) is 8.40. The average molecular weight is 851 g/mol. The number of hydrazine groups is 1. The number of alkyl carbamates (subject to hydrolysis) is 1. The maximum absolute atomic E-state index is 13.2. The number of fused-ring (bicyclic) bond motifs is 1. The Morgan fingerprint density at radius 3 is 1.90 bits per heavy atom. The second-order valence-corrected chi connectivity index (χ2v) is 14.3. The van der Waals surface area contributed by atoms with Gasteiger partial charge in [0.2, 0.25) is 0 Å². The highest BCUT2D eigenvalue weighted by molar-refractivity contribution is 5.94. The number of nitrogen functional groups attached to an aromatic ring is 1. The summed E-state index contributed by atoms with van der Waals surface area (Å²) < 4.78 is 83.9. The van der Waals surface area contributed by atoms with Gasteiger partial charge in [0.15, 0.2) is 11.5 Å². The van der Waals surface area contributed by atoms with Crippen LogP contribution < -0.4 is 27.2 Å². The van der Waals surface area contributed by atoms with Gasteiger partial charge in [0.1, 0.15) is 23.3 Å². The molecule has 0 radical (unpaired) electrons. The number of carbonyl (C=O) groups is 3. The molecule has 20 heteroatoms. The minimum absolute atomic E-state index is 0.00655. The van der Waals surface area contributed by atoms with E-state index >= 15 is 0 Å². The van der Waals surface area contributed by atoms with Gasteiger partial charge in [-0.25, -0.2) is 14.8 Å². The first-order valence-corrected chi connectivity index (χ1v) is 18.4. The Morgan fingerprint density at radius 1 is 0.721 bits per heavy atom. The molecule has 0 fully saturated rings. The lowest BCUT2D eigenvalue weighted by molar-refractivity contribution is -0.138. The van der Waals surface area contributed by atoms with Crippen molar-refractivity contribution in [2.75, 3.05) is 11.2 Å². The molecule has 0 bridgehead atoms. The van der Waals surface area contributed by atoms with E-state index in [-0.39, 0.29) is 35.1 Å². The number of carbonyl (C=O) groups excluding carboxylic acids is 3. The first kappa shape index (κ1) is 44.8. The van der Waals surface area contributed by atoms with Crippen LogP contribution in [0.2, 0.25) is 0 Å². The van der Waals surface area contributed by atoms with Crippen molar-refractivity contribution in [3.05, 3.63) is 149 Å². The quantitative estimate of drug-likeness (QED) is 0.0663. The SMILES string of the molecule is CC(C)(C)OC(=O)NC(Cc1ccccc1)C(=O)NNc1ccc(C(F)(F)F)cn1.Nc1ccc(C(=O)N[C@H](Cc2ccccc2)c2nnc3ccc(C(F)(F)F)cn23)cn1. The van der Waals surface area contributed by atoms with Crippen molar-refractivity contribution in [1.82, 2.24) is 40.6 Å². The number of halogens is 6. The van der Waals surface area contributed by atoms with Gasteiger partial charge in [-0.15, -0.1) is 10.2 Å². The topological polar surface area (TPSA) is 191 Å². The van der Waals surface area contributed by atoms with E-state index < -0.39 is 59.1 Å². The molecule has 6 aromatic rings. The van der Waals surface area contributed by atoms with Crippen LogP contribution in [0.4, 0.5) is 42.8 Å². The van der Waals surface area contributed by atoms with Gasteiger partial charge in [0.05, 0.1) is 22.7 Å². The van der Waals surface area contributed by atoms with Crippen LogP contribution in [0.25, 0.3) is 5.65 Å². The van der Waals surface area contributed by atoms with Gasteiger partial charge >= 0.3 is 18.4 Å². The van der Waals surface area contributed by atoms with Gasteiger partial charge in [-0.2, -0.15) is 26.3 Å². The molecule has 4 aromatic heterocycles. The molecule has 0 spiro atoms. The fourth-order valence-electron chi connectivity index (χ4n) is 5.51. The Labute approximate surface area is 344 Å². The van der Waals surface area contributed by atoms with Crippen LogP contribution in [0.15, 0.2) is 116 Å². The summed E-state index contributed by atoms with van der Waals surface area (Å²) in [7, 11) is 0. The van der Waals surface area contributed by atoms with Crippen LogP contribution >= 0.6 is 0 Å². The first-order chi connectivity index (χ1) is 28.7. The van der Waals surface area contributed by atoms with Gasteiger partial charge in [-0.3, -0.25) is 24.8 Å². The highest BCUT2D eigenvalue weighted by Crippen LogP contribution is 2.31. The lowest BCUT2D eigenvalue weighted by Gasteiger charge is -2.23. The molecule has 0 aliphatic heterocycles. The summed E-state index contributed by atoms with van der Waals surface area (Å²) in [6.45, 7) is 5.07. The molecular formula is C41H40F6N10O4. The highest BCUT2D eigenvalue weighted by Gasteiger charge is 2.33. The Bertz CT molecular complexity index is 2390. The Kier molecular flexibility index (Phi) is 14.1. The largest absolute Gasteiger partial charge is 0.444 e. The molecule has 1 unspecified atom stereocenters. The van der Waals surface area contributed by atoms with Gasteiger partial charge in [0, 0.05) is 25.0 Å². The average Bonchev–Trinajstić information content (AvgIpc) is 3.63. The van der Waals surface area contributed by atoms with Gasteiger partial charge in [-0.05, 0) is 74.7 Å².